The molecule has 0 bridgehead atoms. The number of benzene rings is 1. The smallest absolute Gasteiger partial charge is 0.223 e. The van der Waals surface area contributed by atoms with Gasteiger partial charge in [-0.2, -0.15) is 0 Å². The van der Waals surface area contributed by atoms with Crippen LogP contribution in [-0.2, 0) is 14.6 Å². The van der Waals surface area contributed by atoms with Crippen LogP contribution in [0.3, 0.4) is 0 Å². The molecule has 0 aliphatic carbocycles. The molecule has 1 amide bonds. The molecule has 0 spiro atoms. The number of rotatable bonds is 4. The molecule has 0 atom stereocenters. The molecule has 0 aliphatic heterocycles. The van der Waals surface area contributed by atoms with Gasteiger partial charge in [-0.25, -0.2) is 12.8 Å². The van der Waals surface area contributed by atoms with Crippen molar-refractivity contribution >= 4 is 21.4 Å². The summed E-state index contributed by atoms with van der Waals surface area (Å²) in [4.78, 5) is 12.5. The quantitative estimate of drug-likeness (QED) is 0.646. The number of sulfone groups is 1. The second-order valence-electron chi connectivity index (χ2n) is 4.04. The van der Waals surface area contributed by atoms with Crippen LogP contribution in [0.4, 0.5) is 10.1 Å². The van der Waals surface area contributed by atoms with Gasteiger partial charge in [0.05, 0.1) is 16.3 Å². The van der Waals surface area contributed by atoms with Gasteiger partial charge in [0.2, 0.25) is 5.91 Å². The third-order valence-electron chi connectivity index (χ3n) is 2.39. The highest BCUT2D eigenvalue weighted by Crippen LogP contribution is 2.21. The number of nitrogens with zero attached hydrogens (tertiary/aromatic N) is 1. The van der Waals surface area contributed by atoms with Gasteiger partial charge in [0.25, 0.3) is 0 Å². The van der Waals surface area contributed by atoms with E-state index < -0.39 is 15.7 Å². The number of amides is 1. The lowest BCUT2D eigenvalue weighted by Crippen LogP contribution is -2.24. The van der Waals surface area contributed by atoms with Crippen molar-refractivity contribution in [3.8, 4) is 0 Å². The number of hydrogen-bond donors (Lipinski definition) is 1. The van der Waals surface area contributed by atoms with E-state index in [0.29, 0.717) is 0 Å². The Morgan fingerprint density at radius 2 is 2.00 bits per heavy atom. The molecule has 1 aromatic rings. The number of anilines is 1. The topological polar surface area (TPSA) is 80.5 Å². The molecule has 1 rings (SSSR count). The maximum Gasteiger partial charge on any atom is 0.223 e. The summed E-state index contributed by atoms with van der Waals surface area (Å²) in [6, 6.07) is 3.08. The fourth-order valence-electron chi connectivity index (χ4n) is 1.36. The van der Waals surface area contributed by atoms with Crippen LogP contribution in [0.5, 0.6) is 0 Å². The lowest BCUT2D eigenvalue weighted by atomic mass is 10.3. The molecule has 0 unspecified atom stereocenters. The van der Waals surface area contributed by atoms with Gasteiger partial charge in [0.15, 0.2) is 9.84 Å². The molecule has 0 aromatic heterocycles. The normalized spacial score (nSPS) is 11.3. The number of carbonyl (C=O) groups excluding carboxylic acids is 1. The Labute approximate surface area is 105 Å². The van der Waals surface area contributed by atoms with Gasteiger partial charge in [0, 0.05) is 20.5 Å². The van der Waals surface area contributed by atoms with Crippen LogP contribution in [0, 0.1) is 5.82 Å². The molecular formula is C11H15FN2O3S. The number of hydrogen-bond acceptors (Lipinski definition) is 4. The van der Waals surface area contributed by atoms with Crippen molar-refractivity contribution in [3.05, 3.63) is 24.0 Å². The summed E-state index contributed by atoms with van der Waals surface area (Å²) in [7, 11) is -0.590. The van der Waals surface area contributed by atoms with E-state index in [4.69, 9.17) is 5.73 Å². The molecule has 0 fully saturated rings. The van der Waals surface area contributed by atoms with Crippen LogP contribution >= 0.6 is 0 Å². The first-order chi connectivity index (χ1) is 8.24. The second kappa shape index (κ2) is 5.34. The van der Waals surface area contributed by atoms with Crippen molar-refractivity contribution in [3.63, 3.8) is 0 Å². The summed E-state index contributed by atoms with van der Waals surface area (Å²) in [6.45, 7) is 0. The van der Waals surface area contributed by atoms with Gasteiger partial charge in [0.1, 0.15) is 5.82 Å². The number of carbonyl (C=O) groups is 1. The summed E-state index contributed by atoms with van der Waals surface area (Å²) < 4.78 is 36.7. The minimum Gasteiger partial charge on any atom is -0.398 e. The van der Waals surface area contributed by atoms with Gasteiger partial charge >= 0.3 is 0 Å². The molecule has 5 nitrogen and oxygen atoms in total. The second-order valence-corrected chi connectivity index (χ2v) is 6.12. The van der Waals surface area contributed by atoms with E-state index in [1.165, 1.54) is 4.90 Å². The standard InChI is InChI=1S/C11H15FN2O3S/c1-14(2)11(15)5-6-18(16,17)10-4-3-8(12)7-9(10)13/h3-4,7H,5-6,13H2,1-2H3. The monoisotopic (exact) mass is 274 g/mol. The first-order valence-corrected chi connectivity index (χ1v) is 6.87. The predicted molar refractivity (Wildman–Crippen MR) is 66.2 cm³/mol. The van der Waals surface area contributed by atoms with Crippen LogP contribution in [0.25, 0.3) is 0 Å². The SMILES string of the molecule is CN(C)C(=O)CCS(=O)(=O)c1ccc(F)cc1N. The predicted octanol–water partition coefficient (Wildman–Crippen LogP) is 0.660. The van der Waals surface area contributed by atoms with Gasteiger partial charge in [-0.3, -0.25) is 4.79 Å². The number of nitrogen functional groups attached to an aromatic ring is 1. The van der Waals surface area contributed by atoms with Crippen molar-refractivity contribution in [2.24, 2.45) is 0 Å². The van der Waals surface area contributed by atoms with E-state index in [1.807, 2.05) is 0 Å². The van der Waals surface area contributed by atoms with Crippen molar-refractivity contribution in [2.45, 2.75) is 11.3 Å². The lowest BCUT2D eigenvalue weighted by molar-refractivity contribution is -0.128. The lowest BCUT2D eigenvalue weighted by Gasteiger charge is -2.11. The van der Waals surface area contributed by atoms with Crippen LogP contribution in [0.1, 0.15) is 6.42 Å². The molecule has 18 heavy (non-hydrogen) atoms. The highest BCUT2D eigenvalue weighted by atomic mass is 32.2. The van der Waals surface area contributed by atoms with Gasteiger partial charge in [-0.1, -0.05) is 0 Å². The largest absolute Gasteiger partial charge is 0.398 e. The van der Waals surface area contributed by atoms with E-state index in [2.05, 4.69) is 0 Å². The third kappa shape index (κ3) is 3.43. The molecule has 0 radical (unpaired) electrons. The van der Waals surface area contributed by atoms with Crippen molar-refractivity contribution in [2.75, 3.05) is 25.6 Å². The summed E-state index contributed by atoms with van der Waals surface area (Å²) in [6.07, 6.45) is -0.133. The molecule has 1 aromatic carbocycles. The average molecular weight is 274 g/mol. The van der Waals surface area contributed by atoms with Crippen LogP contribution in [0.2, 0.25) is 0 Å². The zero-order valence-electron chi connectivity index (χ0n) is 10.2. The fraction of sp³-hybridized carbons (Fsp3) is 0.364. The first kappa shape index (κ1) is 14.4. The van der Waals surface area contributed by atoms with Crippen LogP contribution in [-0.4, -0.2) is 39.1 Å². The molecule has 2 N–H and O–H groups in total. The molecule has 0 saturated heterocycles. The van der Waals surface area contributed by atoms with E-state index in [9.17, 15) is 17.6 Å². The van der Waals surface area contributed by atoms with Gasteiger partial charge in [-0.15, -0.1) is 0 Å². The van der Waals surface area contributed by atoms with Crippen molar-refractivity contribution < 1.29 is 17.6 Å². The minimum absolute atomic E-state index is 0.133. The summed E-state index contributed by atoms with van der Waals surface area (Å²) in [5, 5.41) is 0. The van der Waals surface area contributed by atoms with E-state index in [-0.39, 0.29) is 28.7 Å². The Kier molecular flexibility index (Phi) is 4.28. The van der Waals surface area contributed by atoms with E-state index in [1.54, 1.807) is 14.1 Å². The fourth-order valence-corrected chi connectivity index (χ4v) is 2.71. The summed E-state index contributed by atoms with van der Waals surface area (Å²) >= 11 is 0. The zero-order valence-corrected chi connectivity index (χ0v) is 11.0. The van der Waals surface area contributed by atoms with E-state index in [0.717, 1.165) is 18.2 Å². The Morgan fingerprint density at radius 3 is 2.50 bits per heavy atom. The molecular weight excluding hydrogens is 259 g/mol. The van der Waals surface area contributed by atoms with E-state index >= 15 is 0 Å². The minimum atomic E-state index is -3.68. The molecule has 100 valence electrons. The first-order valence-electron chi connectivity index (χ1n) is 5.22. The highest BCUT2D eigenvalue weighted by molar-refractivity contribution is 7.91. The van der Waals surface area contributed by atoms with Crippen LogP contribution in [0.15, 0.2) is 23.1 Å². The van der Waals surface area contributed by atoms with Gasteiger partial charge in [-0.05, 0) is 18.2 Å². The Balaban J connectivity index is 2.90. The van der Waals surface area contributed by atoms with Crippen LogP contribution < -0.4 is 5.73 Å². The third-order valence-corrected chi connectivity index (χ3v) is 4.17. The molecule has 7 heteroatoms. The molecule has 0 saturated carbocycles. The maximum atomic E-state index is 12.8. The number of nitrogens with two attached hydrogens (primary N) is 1. The molecule has 0 heterocycles. The zero-order chi connectivity index (χ0) is 13.9. The number of halogens is 1. The van der Waals surface area contributed by atoms with Crippen molar-refractivity contribution in [1.82, 2.24) is 4.90 Å². The maximum absolute atomic E-state index is 12.8. The summed E-state index contributed by atoms with van der Waals surface area (Å²) in [5.41, 5.74) is 5.31. The Hall–Kier alpha value is -1.63. The highest BCUT2D eigenvalue weighted by Gasteiger charge is 2.20. The van der Waals surface area contributed by atoms with Gasteiger partial charge < -0.3 is 10.6 Å². The average Bonchev–Trinajstić information content (AvgIpc) is 2.25. The Bertz CT molecular complexity index is 555. The summed E-state index contributed by atoms with van der Waals surface area (Å²) in [5.74, 6) is -1.24. The van der Waals surface area contributed by atoms with Crippen molar-refractivity contribution in [1.29, 1.82) is 0 Å². The Morgan fingerprint density at radius 1 is 1.39 bits per heavy atom. The molecule has 0 aliphatic rings.